The fourth-order valence-corrected chi connectivity index (χ4v) is 3.43. The Hall–Kier alpha value is -1.83. The monoisotopic (exact) mass is 356 g/mol. The number of sulfone groups is 1. The highest BCUT2D eigenvalue weighted by atomic mass is 32.2. The molecule has 2 heterocycles. The number of rotatable bonds is 5. The van der Waals surface area contributed by atoms with E-state index in [2.05, 4.69) is 5.32 Å². The number of carbonyl (C=O) groups is 2. The Balaban J connectivity index is 1.99. The van der Waals surface area contributed by atoms with Gasteiger partial charge < -0.3 is 14.6 Å². The average molecular weight is 356 g/mol. The first-order valence-electron chi connectivity index (χ1n) is 7.94. The summed E-state index contributed by atoms with van der Waals surface area (Å²) in [6, 6.07) is 2.85. The molecule has 8 heteroatoms. The zero-order valence-electron chi connectivity index (χ0n) is 14.2. The van der Waals surface area contributed by atoms with E-state index in [0.29, 0.717) is 25.1 Å². The Bertz CT molecular complexity index is 689. The quantitative estimate of drug-likeness (QED) is 0.852. The first-order valence-corrected chi connectivity index (χ1v) is 9.59. The third kappa shape index (κ3) is 4.17. The molecule has 1 atom stereocenters. The van der Waals surface area contributed by atoms with Gasteiger partial charge in [-0.2, -0.15) is 0 Å². The SMILES string of the molecule is CC(C)(C)S(=O)(=O)CC(=O)N1CCCC1C(=O)NCc1ccco1. The molecule has 2 amide bonds. The maximum Gasteiger partial charge on any atom is 0.243 e. The van der Waals surface area contributed by atoms with Crippen LogP contribution in [-0.4, -0.2) is 48.2 Å². The molecule has 0 aromatic carbocycles. The second-order valence-electron chi connectivity index (χ2n) is 6.91. The van der Waals surface area contributed by atoms with Crippen LogP contribution in [0.15, 0.2) is 22.8 Å². The van der Waals surface area contributed by atoms with Gasteiger partial charge >= 0.3 is 0 Å². The molecule has 1 N–H and O–H groups in total. The third-order valence-corrected chi connectivity index (χ3v) is 6.63. The average Bonchev–Trinajstić information content (AvgIpc) is 3.14. The van der Waals surface area contributed by atoms with Gasteiger partial charge in [0.1, 0.15) is 17.6 Å². The van der Waals surface area contributed by atoms with E-state index in [4.69, 9.17) is 4.42 Å². The summed E-state index contributed by atoms with van der Waals surface area (Å²) in [4.78, 5) is 26.1. The van der Waals surface area contributed by atoms with Crippen molar-refractivity contribution in [3.05, 3.63) is 24.2 Å². The molecule has 7 nitrogen and oxygen atoms in total. The van der Waals surface area contributed by atoms with Gasteiger partial charge in [0.25, 0.3) is 0 Å². The van der Waals surface area contributed by atoms with Crippen molar-refractivity contribution in [2.75, 3.05) is 12.3 Å². The zero-order valence-corrected chi connectivity index (χ0v) is 15.1. The first kappa shape index (κ1) is 18.5. The van der Waals surface area contributed by atoms with Crippen molar-refractivity contribution in [1.29, 1.82) is 0 Å². The molecular formula is C16H24N2O5S. The predicted octanol–water partition coefficient (Wildman–Crippen LogP) is 1.10. The Morgan fingerprint density at radius 1 is 1.38 bits per heavy atom. The van der Waals surface area contributed by atoms with Gasteiger partial charge in [-0.1, -0.05) is 0 Å². The molecule has 1 aliphatic heterocycles. The molecule has 1 saturated heterocycles. The van der Waals surface area contributed by atoms with Crippen molar-refractivity contribution in [1.82, 2.24) is 10.2 Å². The Morgan fingerprint density at radius 2 is 2.08 bits per heavy atom. The second-order valence-corrected chi connectivity index (χ2v) is 9.66. The Labute approximate surface area is 142 Å². The van der Waals surface area contributed by atoms with Gasteiger partial charge in [-0.15, -0.1) is 0 Å². The summed E-state index contributed by atoms with van der Waals surface area (Å²) in [5, 5.41) is 2.73. The topological polar surface area (TPSA) is 96.7 Å². The van der Waals surface area contributed by atoms with Gasteiger partial charge in [0.2, 0.25) is 11.8 Å². The van der Waals surface area contributed by atoms with Crippen molar-refractivity contribution in [3.8, 4) is 0 Å². The van der Waals surface area contributed by atoms with Gasteiger partial charge in [0.15, 0.2) is 9.84 Å². The van der Waals surface area contributed by atoms with Crippen LogP contribution in [0, 0.1) is 0 Å². The number of amides is 2. The van der Waals surface area contributed by atoms with E-state index in [1.807, 2.05) is 0 Å². The van der Waals surface area contributed by atoms with E-state index in [-0.39, 0.29) is 12.5 Å². The number of hydrogen-bond donors (Lipinski definition) is 1. The minimum Gasteiger partial charge on any atom is -0.467 e. The Morgan fingerprint density at radius 3 is 2.67 bits per heavy atom. The molecule has 0 spiro atoms. The highest BCUT2D eigenvalue weighted by Gasteiger charge is 2.38. The summed E-state index contributed by atoms with van der Waals surface area (Å²) in [6.45, 7) is 5.33. The molecule has 1 aromatic rings. The first-order chi connectivity index (χ1) is 11.1. The lowest BCUT2D eigenvalue weighted by Gasteiger charge is -2.26. The summed E-state index contributed by atoms with van der Waals surface area (Å²) in [6.07, 6.45) is 2.73. The van der Waals surface area contributed by atoms with E-state index < -0.39 is 32.3 Å². The summed E-state index contributed by atoms with van der Waals surface area (Å²) in [5.74, 6) is -0.751. The lowest BCUT2D eigenvalue weighted by Crippen LogP contribution is -2.48. The summed E-state index contributed by atoms with van der Waals surface area (Å²) in [7, 11) is -3.57. The van der Waals surface area contributed by atoms with Crippen LogP contribution in [0.1, 0.15) is 39.4 Å². The largest absolute Gasteiger partial charge is 0.467 e. The molecule has 1 unspecified atom stereocenters. The highest BCUT2D eigenvalue weighted by Crippen LogP contribution is 2.21. The minimum absolute atomic E-state index is 0.241. The van der Waals surface area contributed by atoms with Crippen LogP contribution < -0.4 is 5.32 Å². The van der Waals surface area contributed by atoms with Gasteiger partial charge in [-0.3, -0.25) is 9.59 Å². The van der Waals surface area contributed by atoms with Crippen LogP contribution in [0.2, 0.25) is 0 Å². The summed E-state index contributed by atoms with van der Waals surface area (Å²) >= 11 is 0. The molecule has 0 bridgehead atoms. The van der Waals surface area contributed by atoms with Crippen molar-refractivity contribution >= 4 is 21.7 Å². The molecule has 2 rings (SSSR count). The van der Waals surface area contributed by atoms with Crippen LogP contribution in [0.25, 0.3) is 0 Å². The summed E-state index contributed by atoms with van der Waals surface area (Å²) in [5.41, 5.74) is 0. The lowest BCUT2D eigenvalue weighted by molar-refractivity contribution is -0.136. The summed E-state index contributed by atoms with van der Waals surface area (Å²) < 4.78 is 28.6. The lowest BCUT2D eigenvalue weighted by atomic mass is 10.2. The number of furan rings is 1. The molecule has 0 radical (unpaired) electrons. The van der Waals surface area contributed by atoms with Gasteiger partial charge in [0.05, 0.1) is 17.6 Å². The fourth-order valence-electron chi connectivity index (χ4n) is 2.50. The third-order valence-electron chi connectivity index (χ3n) is 4.14. The van der Waals surface area contributed by atoms with Crippen LogP contribution >= 0.6 is 0 Å². The van der Waals surface area contributed by atoms with E-state index in [0.717, 1.165) is 0 Å². The van der Waals surface area contributed by atoms with Crippen LogP contribution in [-0.2, 0) is 26.0 Å². The maximum absolute atomic E-state index is 12.4. The number of carbonyl (C=O) groups excluding carboxylic acids is 2. The normalized spacial score (nSPS) is 18.6. The molecular weight excluding hydrogens is 332 g/mol. The molecule has 1 aromatic heterocycles. The number of hydrogen-bond acceptors (Lipinski definition) is 5. The van der Waals surface area contributed by atoms with Crippen LogP contribution in [0.4, 0.5) is 0 Å². The van der Waals surface area contributed by atoms with Crippen molar-refractivity contribution in [2.45, 2.75) is 50.9 Å². The standard InChI is InChI=1S/C16H24N2O5S/c1-16(2,3)24(21,22)11-14(19)18-8-4-7-13(18)15(20)17-10-12-6-5-9-23-12/h5-6,9,13H,4,7-8,10-11H2,1-3H3,(H,17,20). The van der Waals surface area contributed by atoms with Crippen molar-refractivity contribution in [3.63, 3.8) is 0 Å². The zero-order chi connectivity index (χ0) is 18.0. The van der Waals surface area contributed by atoms with Crippen LogP contribution in [0.5, 0.6) is 0 Å². The van der Waals surface area contributed by atoms with Crippen molar-refractivity contribution < 1.29 is 22.4 Å². The fraction of sp³-hybridized carbons (Fsp3) is 0.625. The van der Waals surface area contributed by atoms with Gasteiger partial charge in [-0.05, 0) is 45.7 Å². The minimum atomic E-state index is -3.57. The smallest absolute Gasteiger partial charge is 0.243 e. The molecule has 24 heavy (non-hydrogen) atoms. The highest BCUT2D eigenvalue weighted by molar-refractivity contribution is 7.93. The maximum atomic E-state index is 12.4. The number of likely N-dealkylation sites (tertiary alicyclic amines) is 1. The molecule has 0 aliphatic carbocycles. The van der Waals surface area contributed by atoms with Crippen molar-refractivity contribution in [2.24, 2.45) is 0 Å². The second kappa shape index (κ2) is 6.96. The Kier molecular flexibility index (Phi) is 5.37. The van der Waals surface area contributed by atoms with E-state index in [1.54, 1.807) is 32.9 Å². The van der Waals surface area contributed by atoms with Crippen LogP contribution in [0.3, 0.4) is 0 Å². The number of nitrogens with one attached hydrogen (secondary N) is 1. The van der Waals surface area contributed by atoms with E-state index >= 15 is 0 Å². The van der Waals surface area contributed by atoms with Gasteiger partial charge in [-0.25, -0.2) is 8.42 Å². The van der Waals surface area contributed by atoms with E-state index in [9.17, 15) is 18.0 Å². The molecule has 1 aliphatic rings. The number of nitrogens with zero attached hydrogens (tertiary/aromatic N) is 1. The van der Waals surface area contributed by atoms with E-state index in [1.165, 1.54) is 11.2 Å². The predicted molar refractivity (Wildman–Crippen MR) is 88.8 cm³/mol. The molecule has 134 valence electrons. The molecule has 1 fully saturated rings. The van der Waals surface area contributed by atoms with Gasteiger partial charge in [0, 0.05) is 6.54 Å². The molecule has 0 saturated carbocycles.